The number of amides is 1. The summed E-state index contributed by atoms with van der Waals surface area (Å²) in [7, 11) is 0. The maximum absolute atomic E-state index is 12.7. The summed E-state index contributed by atoms with van der Waals surface area (Å²) in [6.45, 7) is 6.22. The number of nitrogens with one attached hydrogen (secondary N) is 1. The molecular formula is C18H30N2O2. The fraction of sp³-hybridized carbons (Fsp3) is 0.889. The first-order valence-electron chi connectivity index (χ1n) is 9.16. The first-order chi connectivity index (χ1) is 10.6. The number of piperidine rings is 1. The molecule has 0 radical (unpaired) electrons. The normalized spacial score (nSPS) is 30.9. The topological polar surface area (TPSA) is 49.4 Å². The third-order valence-electron chi connectivity index (χ3n) is 6.16. The summed E-state index contributed by atoms with van der Waals surface area (Å²) in [6, 6.07) is 0. The Bertz CT molecular complexity index is 413. The van der Waals surface area contributed by atoms with Gasteiger partial charge in [-0.3, -0.25) is 9.59 Å². The molecule has 3 rings (SSSR count). The van der Waals surface area contributed by atoms with Crippen molar-refractivity contribution in [1.82, 2.24) is 10.2 Å². The Kier molecular flexibility index (Phi) is 4.86. The van der Waals surface area contributed by atoms with Gasteiger partial charge in [-0.2, -0.15) is 0 Å². The Balaban J connectivity index is 1.45. The third kappa shape index (κ3) is 3.22. The number of carbonyl (C=O) groups excluding carboxylic acids is 2. The third-order valence-corrected chi connectivity index (χ3v) is 6.16. The number of nitrogens with zero attached hydrogens (tertiary/aromatic N) is 1. The van der Waals surface area contributed by atoms with Crippen LogP contribution in [0.25, 0.3) is 0 Å². The van der Waals surface area contributed by atoms with Crippen LogP contribution in [0.3, 0.4) is 0 Å². The fourth-order valence-electron chi connectivity index (χ4n) is 4.40. The van der Waals surface area contributed by atoms with Crippen molar-refractivity contribution in [3.63, 3.8) is 0 Å². The van der Waals surface area contributed by atoms with Gasteiger partial charge in [0.1, 0.15) is 5.78 Å². The molecule has 1 amide bonds. The van der Waals surface area contributed by atoms with Crippen LogP contribution in [0, 0.1) is 17.3 Å². The summed E-state index contributed by atoms with van der Waals surface area (Å²) in [5.41, 5.74) is 0.501. The van der Waals surface area contributed by atoms with Gasteiger partial charge < -0.3 is 10.2 Å². The monoisotopic (exact) mass is 306 g/mol. The van der Waals surface area contributed by atoms with Gasteiger partial charge in [-0.25, -0.2) is 0 Å². The molecule has 0 bridgehead atoms. The van der Waals surface area contributed by atoms with Crippen molar-refractivity contribution in [3.8, 4) is 0 Å². The van der Waals surface area contributed by atoms with Crippen molar-refractivity contribution in [2.45, 2.75) is 58.3 Å². The van der Waals surface area contributed by atoms with E-state index in [1.807, 2.05) is 0 Å². The summed E-state index contributed by atoms with van der Waals surface area (Å²) >= 11 is 0. The van der Waals surface area contributed by atoms with Gasteiger partial charge in [-0.1, -0.05) is 6.92 Å². The highest BCUT2D eigenvalue weighted by Gasteiger charge is 2.41. The van der Waals surface area contributed by atoms with Crippen molar-refractivity contribution in [3.05, 3.63) is 0 Å². The number of rotatable bonds is 4. The molecule has 0 aromatic heterocycles. The van der Waals surface area contributed by atoms with Gasteiger partial charge in [-0.15, -0.1) is 0 Å². The minimum atomic E-state index is 0.180. The SMILES string of the molecule is CCCC(=O)C1CCC(C(=O)N2CCC3(CC2)CNC3)CC1. The van der Waals surface area contributed by atoms with E-state index in [2.05, 4.69) is 17.1 Å². The van der Waals surface area contributed by atoms with E-state index in [1.165, 1.54) is 0 Å². The quantitative estimate of drug-likeness (QED) is 0.867. The molecule has 4 heteroatoms. The van der Waals surface area contributed by atoms with Gasteiger partial charge in [0.25, 0.3) is 0 Å². The van der Waals surface area contributed by atoms with Crippen molar-refractivity contribution in [2.24, 2.45) is 17.3 Å². The zero-order valence-electron chi connectivity index (χ0n) is 13.9. The lowest BCUT2D eigenvalue weighted by Crippen LogP contribution is -2.59. The first kappa shape index (κ1) is 16.0. The van der Waals surface area contributed by atoms with E-state index in [4.69, 9.17) is 0 Å². The molecule has 2 saturated heterocycles. The Morgan fingerprint density at radius 2 is 1.64 bits per heavy atom. The Hall–Kier alpha value is -0.900. The molecular weight excluding hydrogens is 276 g/mol. The molecule has 124 valence electrons. The van der Waals surface area contributed by atoms with Gasteiger partial charge in [0, 0.05) is 44.4 Å². The smallest absolute Gasteiger partial charge is 0.225 e. The lowest BCUT2D eigenvalue weighted by molar-refractivity contribution is -0.140. The zero-order valence-corrected chi connectivity index (χ0v) is 13.9. The summed E-state index contributed by atoms with van der Waals surface area (Å²) in [4.78, 5) is 26.8. The molecule has 2 heterocycles. The van der Waals surface area contributed by atoms with E-state index in [0.717, 1.165) is 71.1 Å². The highest BCUT2D eigenvalue weighted by molar-refractivity contribution is 5.82. The van der Waals surface area contributed by atoms with E-state index in [9.17, 15) is 9.59 Å². The fourth-order valence-corrected chi connectivity index (χ4v) is 4.40. The van der Waals surface area contributed by atoms with Crippen LogP contribution in [0.4, 0.5) is 0 Å². The lowest BCUT2D eigenvalue weighted by Gasteiger charge is -2.49. The van der Waals surface area contributed by atoms with Crippen LogP contribution in [0.2, 0.25) is 0 Å². The zero-order chi connectivity index (χ0) is 15.6. The molecule has 1 saturated carbocycles. The standard InChI is InChI=1S/C18H30N2O2/c1-2-3-16(21)14-4-6-15(7-5-14)17(22)20-10-8-18(9-11-20)12-19-13-18/h14-15,19H,2-13H2,1H3. The summed E-state index contributed by atoms with van der Waals surface area (Å²) in [6.07, 6.45) is 7.68. The highest BCUT2D eigenvalue weighted by atomic mass is 16.2. The van der Waals surface area contributed by atoms with E-state index in [1.54, 1.807) is 0 Å². The van der Waals surface area contributed by atoms with Crippen molar-refractivity contribution in [2.75, 3.05) is 26.2 Å². The van der Waals surface area contributed by atoms with Gasteiger partial charge in [0.05, 0.1) is 0 Å². The van der Waals surface area contributed by atoms with Crippen LogP contribution in [0.1, 0.15) is 58.3 Å². The molecule has 3 aliphatic rings. The summed E-state index contributed by atoms with van der Waals surface area (Å²) < 4.78 is 0. The number of Topliss-reactive ketones (excluding diaryl/α,β-unsaturated/α-hetero) is 1. The average molecular weight is 306 g/mol. The molecule has 0 unspecified atom stereocenters. The Morgan fingerprint density at radius 1 is 1.05 bits per heavy atom. The molecule has 1 aliphatic carbocycles. The molecule has 0 aromatic carbocycles. The molecule has 0 aromatic rings. The average Bonchev–Trinajstić information content (AvgIpc) is 2.53. The van der Waals surface area contributed by atoms with Crippen LogP contribution in [0.5, 0.6) is 0 Å². The number of hydrogen-bond donors (Lipinski definition) is 1. The second-order valence-corrected chi connectivity index (χ2v) is 7.69. The molecule has 3 fully saturated rings. The van der Waals surface area contributed by atoms with E-state index >= 15 is 0 Å². The van der Waals surface area contributed by atoms with Gasteiger partial charge >= 0.3 is 0 Å². The van der Waals surface area contributed by atoms with Crippen molar-refractivity contribution < 1.29 is 9.59 Å². The Morgan fingerprint density at radius 3 is 2.14 bits per heavy atom. The second kappa shape index (κ2) is 6.69. The van der Waals surface area contributed by atoms with Crippen molar-refractivity contribution >= 4 is 11.7 Å². The minimum Gasteiger partial charge on any atom is -0.342 e. The summed E-state index contributed by atoms with van der Waals surface area (Å²) in [5.74, 6) is 1.20. The van der Waals surface area contributed by atoms with Gasteiger partial charge in [-0.05, 0) is 50.4 Å². The minimum absolute atomic E-state index is 0.180. The van der Waals surface area contributed by atoms with E-state index in [-0.39, 0.29) is 11.8 Å². The van der Waals surface area contributed by atoms with Crippen LogP contribution in [-0.4, -0.2) is 42.8 Å². The van der Waals surface area contributed by atoms with Crippen LogP contribution >= 0.6 is 0 Å². The maximum atomic E-state index is 12.7. The molecule has 1 N–H and O–H groups in total. The Labute approximate surface area is 134 Å². The van der Waals surface area contributed by atoms with E-state index in [0.29, 0.717) is 23.5 Å². The number of hydrogen-bond acceptors (Lipinski definition) is 3. The predicted molar refractivity (Wildman–Crippen MR) is 86.5 cm³/mol. The first-order valence-corrected chi connectivity index (χ1v) is 9.16. The molecule has 22 heavy (non-hydrogen) atoms. The number of ketones is 1. The highest BCUT2D eigenvalue weighted by Crippen LogP contribution is 2.37. The number of carbonyl (C=O) groups is 2. The number of likely N-dealkylation sites (tertiary alicyclic amines) is 1. The van der Waals surface area contributed by atoms with Crippen LogP contribution < -0.4 is 5.32 Å². The van der Waals surface area contributed by atoms with E-state index < -0.39 is 0 Å². The van der Waals surface area contributed by atoms with Crippen LogP contribution in [0.15, 0.2) is 0 Å². The predicted octanol–water partition coefficient (Wildman–Crippen LogP) is 2.37. The maximum Gasteiger partial charge on any atom is 0.225 e. The largest absolute Gasteiger partial charge is 0.342 e. The summed E-state index contributed by atoms with van der Waals surface area (Å²) in [5, 5.41) is 3.37. The van der Waals surface area contributed by atoms with Crippen LogP contribution in [-0.2, 0) is 9.59 Å². The molecule has 4 nitrogen and oxygen atoms in total. The van der Waals surface area contributed by atoms with Gasteiger partial charge in [0.15, 0.2) is 0 Å². The second-order valence-electron chi connectivity index (χ2n) is 7.69. The molecule has 2 aliphatic heterocycles. The molecule has 1 spiro atoms. The lowest BCUT2D eigenvalue weighted by atomic mass is 9.73. The van der Waals surface area contributed by atoms with Crippen molar-refractivity contribution in [1.29, 1.82) is 0 Å². The van der Waals surface area contributed by atoms with Gasteiger partial charge in [0.2, 0.25) is 5.91 Å². The molecule has 0 atom stereocenters.